The van der Waals surface area contributed by atoms with Gasteiger partial charge in [-0.1, -0.05) is 0 Å². The molecule has 1 aromatic heterocycles. The molecule has 0 radical (unpaired) electrons. The fraction of sp³-hybridized carbons (Fsp3) is 0.600. The Morgan fingerprint density at radius 3 is 2.50 bits per heavy atom. The zero-order chi connectivity index (χ0) is 12.2. The molecule has 0 fully saturated rings. The van der Waals surface area contributed by atoms with Gasteiger partial charge in [0.25, 0.3) is 0 Å². The number of aliphatic hydroxyl groups is 1. The predicted molar refractivity (Wildman–Crippen MR) is 60.7 cm³/mol. The molecule has 6 heteroatoms. The molecule has 16 heavy (non-hydrogen) atoms. The maximum Gasteiger partial charge on any atom is 0.148 e. The summed E-state index contributed by atoms with van der Waals surface area (Å²) >= 11 is 0. The number of furan rings is 1. The molecule has 92 valence electrons. The molecule has 0 spiro atoms. The number of aliphatic hydroxyl groups excluding tert-OH is 1. The molecule has 0 aliphatic carbocycles. The molecule has 0 unspecified atom stereocenters. The van der Waals surface area contributed by atoms with Crippen LogP contribution >= 0.6 is 0 Å². The van der Waals surface area contributed by atoms with Crippen molar-refractivity contribution in [3.8, 4) is 0 Å². The van der Waals surface area contributed by atoms with E-state index in [0.717, 1.165) is 5.76 Å². The van der Waals surface area contributed by atoms with Crippen molar-refractivity contribution in [3.63, 3.8) is 0 Å². The number of nitrogens with zero attached hydrogens (tertiary/aromatic N) is 1. The highest BCUT2D eigenvalue weighted by Crippen LogP contribution is 2.09. The Balaban J connectivity index is 2.42. The lowest BCUT2D eigenvalue weighted by molar-refractivity contribution is 0.234. The quantitative estimate of drug-likeness (QED) is 0.780. The van der Waals surface area contributed by atoms with Crippen molar-refractivity contribution < 1.29 is 17.9 Å². The van der Waals surface area contributed by atoms with Crippen LogP contribution in [0.2, 0.25) is 0 Å². The third-order valence-electron chi connectivity index (χ3n) is 2.14. The Kier molecular flexibility index (Phi) is 4.52. The van der Waals surface area contributed by atoms with Gasteiger partial charge in [-0.15, -0.1) is 0 Å². The van der Waals surface area contributed by atoms with Crippen LogP contribution in [0, 0.1) is 0 Å². The molecule has 0 aliphatic heterocycles. The molecule has 5 nitrogen and oxygen atoms in total. The van der Waals surface area contributed by atoms with Crippen molar-refractivity contribution in [2.75, 3.05) is 25.6 Å². The van der Waals surface area contributed by atoms with E-state index in [4.69, 9.17) is 9.52 Å². The molecule has 0 aliphatic rings. The lowest BCUT2D eigenvalue weighted by Gasteiger charge is -2.13. The normalized spacial score (nSPS) is 12.2. The highest BCUT2D eigenvalue weighted by molar-refractivity contribution is 7.90. The van der Waals surface area contributed by atoms with E-state index < -0.39 is 9.84 Å². The summed E-state index contributed by atoms with van der Waals surface area (Å²) in [6, 6.07) is 3.49. The van der Waals surface area contributed by atoms with E-state index >= 15 is 0 Å². The first-order chi connectivity index (χ1) is 7.40. The second-order valence-corrected chi connectivity index (χ2v) is 6.15. The van der Waals surface area contributed by atoms with E-state index in [9.17, 15) is 8.42 Å². The van der Waals surface area contributed by atoms with Gasteiger partial charge in [-0.2, -0.15) is 0 Å². The summed E-state index contributed by atoms with van der Waals surface area (Å²) in [4.78, 5) is 1.86. The van der Waals surface area contributed by atoms with Gasteiger partial charge in [-0.25, -0.2) is 8.42 Å². The first-order valence-electron chi connectivity index (χ1n) is 4.95. The Hall–Kier alpha value is -0.850. The van der Waals surface area contributed by atoms with Crippen LogP contribution in [-0.4, -0.2) is 44.0 Å². The van der Waals surface area contributed by atoms with E-state index in [1.165, 1.54) is 6.26 Å². The second-order valence-electron chi connectivity index (χ2n) is 3.89. The van der Waals surface area contributed by atoms with Gasteiger partial charge in [0, 0.05) is 12.8 Å². The molecule has 1 rings (SSSR count). The molecule has 0 saturated heterocycles. The number of sulfone groups is 1. The molecule has 0 atom stereocenters. The minimum atomic E-state index is -2.92. The van der Waals surface area contributed by atoms with E-state index in [-0.39, 0.29) is 12.4 Å². The minimum absolute atomic E-state index is 0.118. The molecule has 0 aromatic carbocycles. The molecule has 0 amide bonds. The summed E-state index contributed by atoms with van der Waals surface area (Å²) in [5, 5.41) is 8.81. The summed E-state index contributed by atoms with van der Waals surface area (Å²) < 4.78 is 27.2. The monoisotopic (exact) mass is 247 g/mol. The van der Waals surface area contributed by atoms with Crippen molar-refractivity contribution in [2.24, 2.45) is 0 Å². The predicted octanol–water partition coefficient (Wildman–Crippen LogP) is 0.248. The smallest absolute Gasteiger partial charge is 0.148 e. The van der Waals surface area contributed by atoms with Crippen LogP contribution in [0.4, 0.5) is 0 Å². The van der Waals surface area contributed by atoms with Gasteiger partial charge in [-0.3, -0.25) is 4.90 Å². The number of hydrogen-bond acceptors (Lipinski definition) is 5. The van der Waals surface area contributed by atoms with Crippen LogP contribution in [-0.2, 0) is 23.0 Å². The van der Waals surface area contributed by atoms with Gasteiger partial charge >= 0.3 is 0 Å². The van der Waals surface area contributed by atoms with Crippen molar-refractivity contribution in [1.82, 2.24) is 4.90 Å². The molecular formula is C10H17NO4S. The molecular weight excluding hydrogens is 230 g/mol. The van der Waals surface area contributed by atoms with Gasteiger partial charge in [0.05, 0.1) is 12.3 Å². The fourth-order valence-corrected chi connectivity index (χ4v) is 1.90. The lowest BCUT2D eigenvalue weighted by Crippen LogP contribution is -2.24. The number of rotatable bonds is 6. The van der Waals surface area contributed by atoms with E-state index in [1.807, 2.05) is 11.9 Å². The Morgan fingerprint density at radius 2 is 2.00 bits per heavy atom. The van der Waals surface area contributed by atoms with Crippen molar-refractivity contribution in [1.29, 1.82) is 0 Å². The zero-order valence-electron chi connectivity index (χ0n) is 9.51. The van der Waals surface area contributed by atoms with E-state index in [1.54, 1.807) is 12.1 Å². The highest BCUT2D eigenvalue weighted by Gasteiger charge is 2.08. The summed E-state index contributed by atoms with van der Waals surface area (Å²) in [6.45, 7) is 0.885. The highest BCUT2D eigenvalue weighted by atomic mass is 32.2. The molecule has 1 heterocycles. The Morgan fingerprint density at radius 1 is 1.38 bits per heavy atom. The maximum absolute atomic E-state index is 11.0. The SMILES string of the molecule is CN(CCS(C)(=O)=O)Cc1ccc(CO)o1. The van der Waals surface area contributed by atoms with Crippen LogP contribution in [0.1, 0.15) is 11.5 Å². The average Bonchev–Trinajstić information content (AvgIpc) is 2.61. The lowest BCUT2D eigenvalue weighted by atomic mass is 10.4. The van der Waals surface area contributed by atoms with E-state index in [0.29, 0.717) is 18.8 Å². The van der Waals surface area contributed by atoms with Crippen LogP contribution in [0.15, 0.2) is 16.5 Å². The summed E-state index contributed by atoms with van der Waals surface area (Å²) in [7, 11) is -1.10. The summed E-state index contributed by atoms with van der Waals surface area (Å²) in [5.74, 6) is 1.38. The maximum atomic E-state index is 11.0. The van der Waals surface area contributed by atoms with Crippen molar-refractivity contribution in [2.45, 2.75) is 13.2 Å². The summed E-state index contributed by atoms with van der Waals surface area (Å²) in [5.41, 5.74) is 0. The summed E-state index contributed by atoms with van der Waals surface area (Å²) in [6.07, 6.45) is 1.22. The molecule has 0 bridgehead atoms. The average molecular weight is 247 g/mol. The van der Waals surface area contributed by atoms with Crippen LogP contribution in [0.5, 0.6) is 0 Å². The molecule has 0 saturated carbocycles. The zero-order valence-corrected chi connectivity index (χ0v) is 10.3. The fourth-order valence-electron chi connectivity index (χ4n) is 1.26. The molecule has 1 aromatic rings. The topological polar surface area (TPSA) is 70.8 Å². The van der Waals surface area contributed by atoms with Gasteiger partial charge in [0.15, 0.2) is 0 Å². The Bertz CT molecular complexity index is 424. The molecule has 1 N–H and O–H groups in total. The van der Waals surface area contributed by atoms with Crippen LogP contribution in [0.3, 0.4) is 0 Å². The van der Waals surface area contributed by atoms with Gasteiger partial charge in [0.2, 0.25) is 0 Å². The van der Waals surface area contributed by atoms with Gasteiger partial charge < -0.3 is 9.52 Å². The van der Waals surface area contributed by atoms with Gasteiger partial charge in [0.1, 0.15) is 28.0 Å². The van der Waals surface area contributed by atoms with Crippen molar-refractivity contribution >= 4 is 9.84 Å². The standard InChI is InChI=1S/C10H17NO4S/c1-11(5-6-16(2,13)14)7-9-3-4-10(8-12)15-9/h3-4,12H,5-8H2,1-2H3. The second kappa shape index (κ2) is 5.47. The number of hydrogen-bond donors (Lipinski definition) is 1. The van der Waals surface area contributed by atoms with E-state index in [2.05, 4.69) is 0 Å². The first kappa shape index (κ1) is 13.2. The third kappa shape index (κ3) is 4.78. The van der Waals surface area contributed by atoms with Crippen molar-refractivity contribution in [3.05, 3.63) is 23.7 Å². The van der Waals surface area contributed by atoms with Crippen LogP contribution < -0.4 is 0 Å². The third-order valence-corrected chi connectivity index (χ3v) is 3.07. The first-order valence-corrected chi connectivity index (χ1v) is 7.01. The largest absolute Gasteiger partial charge is 0.462 e. The minimum Gasteiger partial charge on any atom is -0.462 e. The van der Waals surface area contributed by atoms with Gasteiger partial charge in [-0.05, 0) is 19.2 Å². The van der Waals surface area contributed by atoms with Crippen LogP contribution in [0.25, 0.3) is 0 Å². The Labute approximate surface area is 95.6 Å².